The molecule has 0 aliphatic heterocycles. The van der Waals surface area contributed by atoms with Crippen molar-refractivity contribution < 1.29 is 4.79 Å². The van der Waals surface area contributed by atoms with E-state index >= 15 is 0 Å². The number of nitrogens with zero attached hydrogens (tertiary/aromatic N) is 4. The lowest BCUT2D eigenvalue weighted by atomic mass is 10.1. The molecule has 4 rings (SSSR count). The van der Waals surface area contributed by atoms with Crippen LogP contribution in [0.15, 0.2) is 67.1 Å². The first-order chi connectivity index (χ1) is 13.7. The summed E-state index contributed by atoms with van der Waals surface area (Å²) in [5, 5.41) is 7.97. The van der Waals surface area contributed by atoms with Crippen LogP contribution in [0.1, 0.15) is 20.9 Å². The number of thiazole rings is 1. The molecule has 0 radical (unpaired) electrons. The summed E-state index contributed by atoms with van der Waals surface area (Å²) in [5.74, 6) is -0.0923. The first-order valence-electron chi connectivity index (χ1n) is 8.97. The van der Waals surface area contributed by atoms with Gasteiger partial charge in [-0.05, 0) is 49.2 Å². The van der Waals surface area contributed by atoms with Gasteiger partial charge in [0.15, 0.2) is 0 Å². The summed E-state index contributed by atoms with van der Waals surface area (Å²) >= 11 is 1.37. The number of benzene rings is 1. The van der Waals surface area contributed by atoms with Crippen molar-refractivity contribution in [3.05, 3.63) is 83.3 Å². The molecule has 0 bridgehead atoms. The average molecular weight is 389 g/mol. The van der Waals surface area contributed by atoms with E-state index < -0.39 is 0 Å². The van der Waals surface area contributed by atoms with Gasteiger partial charge in [0.25, 0.3) is 5.91 Å². The topological polar surface area (TPSA) is 72.7 Å². The number of carbonyl (C=O) groups is 1. The molecular weight excluding hydrogens is 370 g/mol. The number of hydrogen-bond acceptors (Lipinski definition) is 5. The molecule has 1 amide bonds. The monoisotopic (exact) mass is 389 g/mol. The van der Waals surface area contributed by atoms with Gasteiger partial charge in [-0.2, -0.15) is 5.10 Å². The smallest absolute Gasteiger partial charge is 0.263 e. The highest BCUT2D eigenvalue weighted by molar-refractivity contribution is 7.17. The van der Waals surface area contributed by atoms with E-state index in [1.165, 1.54) is 11.3 Å². The van der Waals surface area contributed by atoms with Gasteiger partial charge in [0.1, 0.15) is 9.88 Å². The first-order valence-corrected chi connectivity index (χ1v) is 9.78. The molecule has 0 unspecified atom stereocenters. The second kappa shape index (κ2) is 8.14. The molecule has 3 heterocycles. The number of aromatic nitrogens is 4. The van der Waals surface area contributed by atoms with Crippen LogP contribution in [0.25, 0.3) is 16.4 Å². The molecular formula is C21H19N5OS. The van der Waals surface area contributed by atoms with Gasteiger partial charge in [-0.25, -0.2) is 9.67 Å². The number of aryl methyl sites for hydroxylation is 1. The van der Waals surface area contributed by atoms with Crippen LogP contribution in [0.5, 0.6) is 0 Å². The number of carbonyl (C=O) groups excluding carboxylic acids is 1. The highest BCUT2D eigenvalue weighted by Gasteiger charge is 2.16. The third-order valence-corrected chi connectivity index (χ3v) is 5.47. The molecule has 140 valence electrons. The minimum absolute atomic E-state index is 0.0923. The number of rotatable bonds is 6. The Kier molecular flexibility index (Phi) is 5.25. The predicted molar refractivity (Wildman–Crippen MR) is 110 cm³/mol. The van der Waals surface area contributed by atoms with E-state index in [0.29, 0.717) is 11.4 Å². The van der Waals surface area contributed by atoms with E-state index in [-0.39, 0.29) is 5.91 Å². The molecule has 3 aromatic heterocycles. The molecule has 0 aliphatic carbocycles. The molecule has 0 spiro atoms. The highest BCUT2D eigenvalue weighted by Crippen LogP contribution is 2.26. The van der Waals surface area contributed by atoms with Gasteiger partial charge in [0.2, 0.25) is 0 Å². The fourth-order valence-corrected chi connectivity index (χ4v) is 3.80. The second-order valence-corrected chi connectivity index (χ2v) is 7.27. The van der Waals surface area contributed by atoms with Gasteiger partial charge in [0.05, 0.1) is 17.1 Å². The maximum absolute atomic E-state index is 12.5. The van der Waals surface area contributed by atoms with Crippen molar-refractivity contribution in [1.29, 1.82) is 0 Å². The molecule has 0 saturated carbocycles. The minimum atomic E-state index is -0.0923. The Bertz CT molecular complexity index is 1060. The second-order valence-electron chi connectivity index (χ2n) is 6.27. The molecule has 7 heteroatoms. The fraction of sp³-hybridized carbons (Fsp3) is 0.143. The maximum atomic E-state index is 12.5. The van der Waals surface area contributed by atoms with Crippen molar-refractivity contribution in [2.45, 2.75) is 13.3 Å². The summed E-state index contributed by atoms with van der Waals surface area (Å²) in [6, 6.07) is 15.7. The Morgan fingerprint density at radius 1 is 1.11 bits per heavy atom. The zero-order valence-electron chi connectivity index (χ0n) is 15.4. The van der Waals surface area contributed by atoms with Crippen LogP contribution in [0.2, 0.25) is 0 Å². The fourth-order valence-electron chi connectivity index (χ4n) is 2.84. The lowest BCUT2D eigenvalue weighted by Gasteiger charge is -2.06. The van der Waals surface area contributed by atoms with Crippen molar-refractivity contribution >= 4 is 17.2 Å². The van der Waals surface area contributed by atoms with Gasteiger partial charge < -0.3 is 5.32 Å². The summed E-state index contributed by atoms with van der Waals surface area (Å²) in [6.45, 7) is 2.42. The Hall–Kier alpha value is -3.32. The molecule has 0 atom stereocenters. The Balaban J connectivity index is 1.35. The molecule has 0 fully saturated rings. The first kappa shape index (κ1) is 18.1. The van der Waals surface area contributed by atoms with Gasteiger partial charge in [-0.3, -0.25) is 9.78 Å². The van der Waals surface area contributed by atoms with E-state index in [4.69, 9.17) is 0 Å². The molecule has 1 N–H and O–H groups in total. The van der Waals surface area contributed by atoms with Crippen LogP contribution in [-0.4, -0.2) is 32.2 Å². The molecule has 4 aromatic rings. The number of hydrogen-bond donors (Lipinski definition) is 1. The van der Waals surface area contributed by atoms with E-state index in [9.17, 15) is 4.79 Å². The third-order valence-electron chi connectivity index (χ3n) is 4.29. The third kappa shape index (κ3) is 3.99. The number of amides is 1. The normalized spacial score (nSPS) is 10.8. The largest absolute Gasteiger partial charge is 0.351 e. The Labute approximate surface area is 166 Å². The summed E-state index contributed by atoms with van der Waals surface area (Å²) in [7, 11) is 0. The summed E-state index contributed by atoms with van der Waals surface area (Å²) in [5.41, 5.74) is 3.69. The molecule has 6 nitrogen and oxygen atoms in total. The summed E-state index contributed by atoms with van der Waals surface area (Å²) < 4.78 is 1.82. The van der Waals surface area contributed by atoms with Crippen LogP contribution < -0.4 is 5.32 Å². The highest BCUT2D eigenvalue weighted by atomic mass is 32.1. The minimum Gasteiger partial charge on any atom is -0.351 e. The van der Waals surface area contributed by atoms with E-state index in [1.54, 1.807) is 12.4 Å². The van der Waals surface area contributed by atoms with Gasteiger partial charge >= 0.3 is 0 Å². The van der Waals surface area contributed by atoms with Crippen LogP contribution in [0.4, 0.5) is 0 Å². The summed E-state index contributed by atoms with van der Waals surface area (Å²) in [6.07, 6.45) is 6.15. The van der Waals surface area contributed by atoms with Gasteiger partial charge in [-0.1, -0.05) is 18.2 Å². The lowest BCUT2D eigenvalue weighted by molar-refractivity contribution is 0.0957. The van der Waals surface area contributed by atoms with Crippen LogP contribution >= 0.6 is 11.3 Å². The van der Waals surface area contributed by atoms with Crippen molar-refractivity contribution in [3.63, 3.8) is 0 Å². The van der Waals surface area contributed by atoms with E-state index in [1.807, 2.05) is 54.2 Å². The Morgan fingerprint density at radius 2 is 1.96 bits per heavy atom. The van der Waals surface area contributed by atoms with E-state index in [0.717, 1.165) is 34.1 Å². The van der Waals surface area contributed by atoms with Crippen LogP contribution in [0, 0.1) is 6.92 Å². The van der Waals surface area contributed by atoms with Gasteiger partial charge in [0, 0.05) is 25.1 Å². The zero-order valence-corrected chi connectivity index (χ0v) is 16.2. The van der Waals surface area contributed by atoms with E-state index in [2.05, 4.69) is 32.5 Å². The zero-order chi connectivity index (χ0) is 19.3. The standard InChI is InChI=1S/C21H19N5OS/c1-15-19(28-21(25-15)18-5-2-3-11-22-18)20(27)23-13-10-16-6-8-17(9-7-16)26-14-4-12-24-26/h2-9,11-12,14H,10,13H2,1H3,(H,23,27). The maximum Gasteiger partial charge on any atom is 0.263 e. The predicted octanol–water partition coefficient (Wildman–Crippen LogP) is 3.67. The molecule has 0 aliphatic rings. The lowest BCUT2D eigenvalue weighted by Crippen LogP contribution is -2.25. The van der Waals surface area contributed by atoms with Crippen LogP contribution in [-0.2, 0) is 6.42 Å². The quantitative estimate of drug-likeness (QED) is 0.546. The average Bonchev–Trinajstić information content (AvgIpc) is 3.39. The van der Waals surface area contributed by atoms with Crippen LogP contribution in [0.3, 0.4) is 0 Å². The summed E-state index contributed by atoms with van der Waals surface area (Å²) in [4.78, 5) is 22.0. The molecule has 0 saturated heterocycles. The molecule has 28 heavy (non-hydrogen) atoms. The van der Waals surface area contributed by atoms with Gasteiger partial charge in [-0.15, -0.1) is 11.3 Å². The van der Waals surface area contributed by atoms with Crippen molar-refractivity contribution in [3.8, 4) is 16.4 Å². The van der Waals surface area contributed by atoms with Crippen molar-refractivity contribution in [1.82, 2.24) is 25.1 Å². The number of nitrogens with one attached hydrogen (secondary N) is 1. The molecule has 1 aromatic carbocycles. The SMILES string of the molecule is Cc1nc(-c2ccccn2)sc1C(=O)NCCc1ccc(-n2cccn2)cc1. The van der Waals surface area contributed by atoms with Crippen molar-refractivity contribution in [2.24, 2.45) is 0 Å². The number of pyridine rings is 1. The van der Waals surface area contributed by atoms with Crippen molar-refractivity contribution in [2.75, 3.05) is 6.54 Å². The Morgan fingerprint density at radius 3 is 2.68 bits per heavy atom.